The molecule has 168 valence electrons. The van der Waals surface area contributed by atoms with Gasteiger partial charge in [0.05, 0.1) is 12.2 Å². The van der Waals surface area contributed by atoms with Crippen LogP contribution in [0.5, 0.6) is 0 Å². The molecule has 0 aromatic heterocycles. The largest absolute Gasteiger partial charge is 0.407 e. The monoisotopic (exact) mass is 438 g/mol. The van der Waals surface area contributed by atoms with Gasteiger partial charge in [0.15, 0.2) is 5.79 Å². The molecule has 0 unspecified atom stereocenters. The van der Waals surface area contributed by atoms with E-state index in [0.717, 1.165) is 32.1 Å². The third-order valence-corrected chi connectivity index (χ3v) is 12.0. The van der Waals surface area contributed by atoms with Crippen LogP contribution in [0.3, 0.4) is 0 Å². The van der Waals surface area contributed by atoms with Gasteiger partial charge in [-0.2, -0.15) is 0 Å². The van der Waals surface area contributed by atoms with E-state index >= 15 is 0 Å². The van der Waals surface area contributed by atoms with Crippen molar-refractivity contribution < 1.29 is 13.9 Å². The summed E-state index contributed by atoms with van der Waals surface area (Å²) in [4.78, 5) is 0. The fourth-order valence-corrected chi connectivity index (χ4v) is 10.1. The molecular weight excluding hydrogens is 400 g/mol. The minimum atomic E-state index is -2.47. The number of benzene rings is 2. The second-order valence-electron chi connectivity index (χ2n) is 10.3. The lowest BCUT2D eigenvalue weighted by Gasteiger charge is -2.44. The first kappa shape index (κ1) is 22.7. The number of rotatable bonds is 6. The van der Waals surface area contributed by atoms with Crippen LogP contribution < -0.4 is 10.4 Å². The maximum atomic E-state index is 7.06. The smallest absolute Gasteiger partial charge is 0.261 e. The summed E-state index contributed by atoms with van der Waals surface area (Å²) >= 11 is 0. The molecular formula is C27H38O3Si. The molecule has 0 bridgehead atoms. The molecule has 2 aliphatic rings. The van der Waals surface area contributed by atoms with Gasteiger partial charge in [-0.1, -0.05) is 81.4 Å². The molecule has 4 heteroatoms. The van der Waals surface area contributed by atoms with Crippen LogP contribution in [-0.2, 0) is 13.9 Å². The van der Waals surface area contributed by atoms with Crippen molar-refractivity contribution in [1.82, 2.24) is 0 Å². The van der Waals surface area contributed by atoms with Crippen molar-refractivity contribution in [2.24, 2.45) is 0 Å². The Kier molecular flexibility index (Phi) is 6.73. The van der Waals surface area contributed by atoms with Crippen molar-refractivity contribution in [3.8, 4) is 0 Å². The van der Waals surface area contributed by atoms with E-state index in [2.05, 4.69) is 88.4 Å². The summed E-state index contributed by atoms with van der Waals surface area (Å²) in [7, 11) is -2.47. The zero-order chi connectivity index (χ0) is 22.0. The SMILES string of the molecule is C[C@H]1CC[C@]2(CCC[C@@H](CCO[Si](c3ccccc3)(c3ccccc3)C(C)(C)C)O2)O1. The van der Waals surface area contributed by atoms with Gasteiger partial charge in [-0.3, -0.25) is 0 Å². The Morgan fingerprint density at radius 3 is 2.03 bits per heavy atom. The van der Waals surface area contributed by atoms with E-state index in [9.17, 15) is 0 Å². The summed E-state index contributed by atoms with van der Waals surface area (Å²) in [5, 5.41) is 2.68. The van der Waals surface area contributed by atoms with E-state index in [1.54, 1.807) is 0 Å². The molecule has 1 spiro atoms. The first-order valence-electron chi connectivity index (χ1n) is 12.0. The molecule has 2 aliphatic heterocycles. The van der Waals surface area contributed by atoms with E-state index in [0.29, 0.717) is 12.7 Å². The maximum absolute atomic E-state index is 7.06. The van der Waals surface area contributed by atoms with Crippen LogP contribution in [0.1, 0.15) is 66.2 Å². The number of hydrogen-bond donors (Lipinski definition) is 0. The van der Waals surface area contributed by atoms with Crippen molar-refractivity contribution in [3.05, 3.63) is 60.7 Å². The van der Waals surface area contributed by atoms with Gasteiger partial charge in [-0.05, 0) is 48.0 Å². The van der Waals surface area contributed by atoms with E-state index in [4.69, 9.17) is 13.9 Å². The van der Waals surface area contributed by atoms with Gasteiger partial charge in [-0.25, -0.2) is 0 Å². The molecule has 2 heterocycles. The highest BCUT2D eigenvalue weighted by atomic mass is 28.4. The first-order valence-corrected chi connectivity index (χ1v) is 13.9. The summed E-state index contributed by atoms with van der Waals surface area (Å²) in [6.07, 6.45) is 6.89. The molecule has 0 saturated carbocycles. The van der Waals surface area contributed by atoms with Crippen LogP contribution in [0.25, 0.3) is 0 Å². The lowest BCUT2D eigenvalue weighted by Crippen LogP contribution is -2.66. The van der Waals surface area contributed by atoms with Crippen LogP contribution in [0.2, 0.25) is 5.04 Å². The lowest BCUT2D eigenvalue weighted by molar-refractivity contribution is -0.269. The second-order valence-corrected chi connectivity index (χ2v) is 14.6. The minimum absolute atomic E-state index is 0.00828. The normalized spacial score (nSPS) is 27.0. The molecule has 0 radical (unpaired) electrons. The zero-order valence-corrected chi connectivity index (χ0v) is 20.6. The molecule has 3 nitrogen and oxygen atoms in total. The average Bonchev–Trinajstić information content (AvgIpc) is 3.11. The lowest BCUT2D eigenvalue weighted by atomic mass is 9.97. The first-order chi connectivity index (χ1) is 14.8. The number of hydrogen-bond acceptors (Lipinski definition) is 3. The maximum Gasteiger partial charge on any atom is 0.261 e. The quantitative estimate of drug-likeness (QED) is 0.564. The summed E-state index contributed by atoms with van der Waals surface area (Å²) < 4.78 is 19.8. The van der Waals surface area contributed by atoms with Gasteiger partial charge in [0.2, 0.25) is 0 Å². The Morgan fingerprint density at radius 2 is 1.52 bits per heavy atom. The van der Waals surface area contributed by atoms with Gasteiger partial charge in [0.1, 0.15) is 0 Å². The summed E-state index contributed by atoms with van der Waals surface area (Å²) in [6, 6.07) is 21.8. The van der Waals surface area contributed by atoms with E-state index < -0.39 is 8.32 Å². The predicted octanol–water partition coefficient (Wildman–Crippen LogP) is 5.42. The van der Waals surface area contributed by atoms with Crippen LogP contribution in [-0.4, -0.2) is 32.9 Å². The standard InChI is InChI=1S/C27H38O3Si/c1-22-17-20-27(29-22)19-11-12-23(30-27)18-21-28-31(26(2,3)4,24-13-7-5-8-14-24)25-15-9-6-10-16-25/h5-10,13-16,22-23H,11-12,17-21H2,1-4H3/t22-,23-,27+/m0/s1. The zero-order valence-electron chi connectivity index (χ0n) is 19.6. The summed E-state index contributed by atoms with van der Waals surface area (Å²) in [5.74, 6) is -0.334. The number of ether oxygens (including phenoxy) is 2. The Hall–Kier alpha value is -1.46. The predicted molar refractivity (Wildman–Crippen MR) is 129 cm³/mol. The van der Waals surface area contributed by atoms with E-state index in [1.807, 2.05) is 0 Å². The minimum Gasteiger partial charge on any atom is -0.407 e. The van der Waals surface area contributed by atoms with E-state index in [-0.39, 0.29) is 16.9 Å². The van der Waals surface area contributed by atoms with Gasteiger partial charge in [0, 0.05) is 19.4 Å². The molecule has 0 amide bonds. The molecule has 2 saturated heterocycles. The van der Waals surface area contributed by atoms with Crippen LogP contribution >= 0.6 is 0 Å². The highest BCUT2D eigenvalue weighted by Crippen LogP contribution is 2.41. The third-order valence-electron chi connectivity index (χ3n) is 6.99. The molecule has 2 aromatic carbocycles. The average molecular weight is 439 g/mol. The fraction of sp³-hybridized carbons (Fsp3) is 0.556. The molecule has 0 N–H and O–H groups in total. The van der Waals surface area contributed by atoms with Crippen molar-refractivity contribution in [2.45, 2.75) is 89.3 Å². The molecule has 2 fully saturated rings. The van der Waals surface area contributed by atoms with Crippen LogP contribution in [0.4, 0.5) is 0 Å². The second kappa shape index (κ2) is 9.19. The summed E-state index contributed by atoms with van der Waals surface area (Å²) in [5.41, 5.74) is 0. The highest BCUT2D eigenvalue weighted by Gasteiger charge is 2.50. The molecule has 0 aliphatic carbocycles. The Morgan fingerprint density at radius 1 is 0.903 bits per heavy atom. The molecule has 4 rings (SSSR count). The topological polar surface area (TPSA) is 27.7 Å². The Balaban J connectivity index is 1.55. The van der Waals surface area contributed by atoms with Crippen molar-refractivity contribution in [2.75, 3.05) is 6.61 Å². The summed E-state index contributed by atoms with van der Waals surface area (Å²) in [6.45, 7) is 9.87. The molecule has 3 atom stereocenters. The van der Waals surface area contributed by atoms with Crippen molar-refractivity contribution in [3.63, 3.8) is 0 Å². The van der Waals surface area contributed by atoms with E-state index in [1.165, 1.54) is 16.8 Å². The van der Waals surface area contributed by atoms with Gasteiger partial charge in [-0.15, -0.1) is 0 Å². The van der Waals surface area contributed by atoms with Crippen molar-refractivity contribution >= 4 is 18.7 Å². The molecule has 31 heavy (non-hydrogen) atoms. The van der Waals surface area contributed by atoms with Crippen LogP contribution in [0.15, 0.2) is 60.7 Å². The van der Waals surface area contributed by atoms with Crippen molar-refractivity contribution in [1.29, 1.82) is 0 Å². The van der Waals surface area contributed by atoms with Gasteiger partial charge in [0.25, 0.3) is 8.32 Å². The fourth-order valence-electron chi connectivity index (χ4n) is 5.51. The Labute approximate surface area is 189 Å². The van der Waals surface area contributed by atoms with Crippen LogP contribution in [0, 0.1) is 0 Å². The van der Waals surface area contributed by atoms with Gasteiger partial charge >= 0.3 is 0 Å². The van der Waals surface area contributed by atoms with Gasteiger partial charge < -0.3 is 13.9 Å². The third kappa shape index (κ3) is 4.68. The highest BCUT2D eigenvalue weighted by molar-refractivity contribution is 6.99. The Bertz CT molecular complexity index is 789. The molecule has 2 aromatic rings.